The molecule has 0 bridgehead atoms. The molecule has 4 aromatic carbocycles. The molecule has 0 aromatic heterocycles. The van der Waals surface area contributed by atoms with E-state index in [2.05, 4.69) is 137 Å². The maximum Gasteiger partial charge on any atom is 0.145 e. The van der Waals surface area contributed by atoms with Crippen molar-refractivity contribution in [1.29, 1.82) is 0 Å². The molecule has 0 spiro atoms. The van der Waals surface area contributed by atoms with E-state index < -0.39 is 13.3 Å². The maximum atomic E-state index is 4.26. The lowest BCUT2D eigenvalue weighted by atomic mass is 10.2. The van der Waals surface area contributed by atoms with Crippen molar-refractivity contribution in [3.8, 4) is 0 Å². The summed E-state index contributed by atoms with van der Waals surface area (Å²) >= 11 is 4.26. The van der Waals surface area contributed by atoms with Crippen LogP contribution in [0.2, 0.25) is 0 Å². The molecule has 0 aliphatic heterocycles. The van der Waals surface area contributed by atoms with Crippen molar-refractivity contribution in [2.24, 2.45) is 0 Å². The summed E-state index contributed by atoms with van der Waals surface area (Å²) in [5.74, 6) is 0. The molecule has 0 saturated heterocycles. The van der Waals surface area contributed by atoms with Crippen LogP contribution in [0, 0.1) is 0 Å². The van der Waals surface area contributed by atoms with Crippen LogP contribution in [0.5, 0.6) is 0 Å². The van der Waals surface area contributed by atoms with E-state index in [0.29, 0.717) is 0 Å². The van der Waals surface area contributed by atoms with Crippen LogP contribution in [-0.4, -0.2) is 0 Å². The summed E-state index contributed by atoms with van der Waals surface area (Å²) in [6.07, 6.45) is 0.535. The fraction of sp³-hybridized carbons (Fsp3) is 0.0400. The van der Waals surface area contributed by atoms with Crippen LogP contribution in [0.3, 0.4) is 0 Å². The molecule has 138 valence electrons. The lowest BCUT2D eigenvalue weighted by Crippen LogP contribution is -2.29. The molecule has 0 aliphatic rings. The predicted octanol–water partition coefficient (Wildman–Crippen LogP) is 6.89. The Balaban J connectivity index is 1.95. The first kappa shape index (κ1) is 19.5. The molecule has 1 atom stereocenters. The van der Waals surface area contributed by atoms with Crippen LogP contribution >= 0.6 is 28.8 Å². The Kier molecular flexibility index (Phi) is 6.38. The Morgan fingerprint density at radius 1 is 0.500 bits per heavy atom. The van der Waals surface area contributed by atoms with Crippen molar-refractivity contribution < 1.29 is 0 Å². The number of hydrogen-bond acceptors (Lipinski definition) is 0. The minimum atomic E-state index is -1.83. The fourth-order valence-corrected chi connectivity index (χ4v) is 18.2. The zero-order valence-corrected chi connectivity index (χ0v) is 18.9. The third kappa shape index (κ3) is 3.85. The van der Waals surface area contributed by atoms with Gasteiger partial charge < -0.3 is 0 Å². The molecule has 0 amide bonds. The summed E-state index contributed by atoms with van der Waals surface area (Å²) in [6.45, 7) is -1.83. The van der Waals surface area contributed by atoms with Gasteiger partial charge in [0.1, 0.15) is 29.2 Å². The van der Waals surface area contributed by atoms with Crippen LogP contribution in [0.1, 0.15) is 5.56 Å². The van der Waals surface area contributed by atoms with Gasteiger partial charge in [0.15, 0.2) is 0 Å². The standard InChI is InChI=1S/C25H22BrP2/c26-27(21-22-13-5-1-6-14-22)28(23-15-7-2-8-16-23,24-17-9-3-10-18-24)25-19-11-4-12-20-25/h1-20H,21H2/q+1. The molecule has 0 N–H and O–H groups in total. The average Bonchev–Trinajstić information content (AvgIpc) is 2.77. The van der Waals surface area contributed by atoms with Gasteiger partial charge in [-0.2, -0.15) is 0 Å². The largest absolute Gasteiger partial charge is 0.145 e. The zero-order valence-electron chi connectivity index (χ0n) is 15.5. The highest BCUT2D eigenvalue weighted by molar-refractivity contribution is 9.46. The molecule has 3 heteroatoms. The van der Waals surface area contributed by atoms with Crippen molar-refractivity contribution in [2.75, 3.05) is 0 Å². The van der Waals surface area contributed by atoms with Crippen molar-refractivity contribution in [2.45, 2.75) is 6.16 Å². The summed E-state index contributed by atoms with van der Waals surface area (Å²) < 4.78 is 0. The molecular formula is C25H22BrP2+. The van der Waals surface area contributed by atoms with Crippen molar-refractivity contribution in [3.05, 3.63) is 127 Å². The van der Waals surface area contributed by atoms with E-state index in [0.717, 1.165) is 6.16 Å². The molecule has 0 aliphatic carbocycles. The molecule has 4 aromatic rings. The highest BCUT2D eigenvalue weighted by Crippen LogP contribution is 2.86. The Morgan fingerprint density at radius 3 is 1.18 bits per heavy atom. The second kappa shape index (κ2) is 9.15. The van der Waals surface area contributed by atoms with E-state index in [4.69, 9.17) is 0 Å². The van der Waals surface area contributed by atoms with Gasteiger partial charge in [0.05, 0.1) is 0 Å². The van der Waals surface area contributed by atoms with Gasteiger partial charge in [0.2, 0.25) is 0 Å². The molecule has 0 fully saturated rings. The molecule has 4 rings (SSSR count). The molecular weight excluding hydrogens is 442 g/mol. The number of benzene rings is 4. The van der Waals surface area contributed by atoms with E-state index in [-0.39, 0.29) is 0 Å². The topological polar surface area (TPSA) is 0 Å². The monoisotopic (exact) mass is 463 g/mol. The number of hydrogen-bond donors (Lipinski definition) is 0. The highest BCUT2D eigenvalue weighted by atomic mass is 79.9. The van der Waals surface area contributed by atoms with E-state index in [9.17, 15) is 0 Å². The van der Waals surface area contributed by atoms with Crippen LogP contribution in [-0.2, 0) is 6.16 Å². The second-order valence-electron chi connectivity index (χ2n) is 6.62. The van der Waals surface area contributed by atoms with Gasteiger partial charge in [-0.3, -0.25) is 0 Å². The van der Waals surface area contributed by atoms with Crippen LogP contribution < -0.4 is 15.9 Å². The van der Waals surface area contributed by atoms with Gasteiger partial charge in [0.25, 0.3) is 0 Å². The summed E-state index contributed by atoms with van der Waals surface area (Å²) in [6, 6.07) is 44.1. The Labute approximate surface area is 177 Å². The summed E-state index contributed by atoms with van der Waals surface area (Å²) in [5, 5.41) is 4.31. The average molecular weight is 464 g/mol. The van der Waals surface area contributed by atoms with Gasteiger partial charge >= 0.3 is 0 Å². The smallest absolute Gasteiger partial charge is 0.0622 e. The zero-order chi connectivity index (χ0) is 19.2. The minimum absolute atomic E-state index is 0.510. The first-order valence-corrected chi connectivity index (χ1v) is 15.4. The first-order valence-electron chi connectivity index (χ1n) is 9.35. The second-order valence-corrected chi connectivity index (χ2v) is 17.9. The van der Waals surface area contributed by atoms with E-state index in [1.807, 2.05) is 0 Å². The van der Waals surface area contributed by atoms with Crippen molar-refractivity contribution >= 4 is 44.7 Å². The van der Waals surface area contributed by atoms with Gasteiger partial charge in [-0.1, -0.05) is 84.9 Å². The lowest BCUT2D eigenvalue weighted by molar-refractivity contribution is 1.42. The number of rotatable bonds is 6. The maximum absolute atomic E-state index is 4.26. The van der Waals surface area contributed by atoms with E-state index in [1.54, 1.807) is 0 Å². The van der Waals surface area contributed by atoms with Gasteiger partial charge in [-0.05, 0) is 57.5 Å². The molecule has 0 saturated carbocycles. The Morgan fingerprint density at radius 2 is 0.821 bits per heavy atom. The third-order valence-corrected chi connectivity index (χ3v) is 18.8. The number of halogens is 1. The minimum Gasteiger partial charge on any atom is -0.0622 e. The lowest BCUT2D eigenvalue weighted by Gasteiger charge is -2.31. The van der Waals surface area contributed by atoms with Crippen LogP contribution in [0.25, 0.3) is 0 Å². The molecule has 0 nitrogen and oxygen atoms in total. The SMILES string of the molecule is BrP(Cc1ccccc1)[P+](c1ccccc1)(c1ccccc1)c1ccccc1. The van der Waals surface area contributed by atoms with Crippen LogP contribution in [0.15, 0.2) is 121 Å². The first-order chi connectivity index (χ1) is 13.8. The quantitative estimate of drug-likeness (QED) is 0.273. The summed E-state index contributed by atoms with van der Waals surface area (Å²) in [5.41, 5.74) is 1.39. The highest BCUT2D eigenvalue weighted by Gasteiger charge is 2.52. The van der Waals surface area contributed by atoms with Crippen molar-refractivity contribution in [3.63, 3.8) is 0 Å². The molecule has 0 radical (unpaired) electrons. The van der Waals surface area contributed by atoms with Crippen molar-refractivity contribution in [1.82, 2.24) is 0 Å². The predicted molar refractivity (Wildman–Crippen MR) is 131 cm³/mol. The third-order valence-electron chi connectivity index (χ3n) is 4.87. The van der Waals surface area contributed by atoms with E-state index in [1.165, 1.54) is 21.5 Å². The Hall–Kier alpha value is -1.78. The molecule has 1 unspecified atom stereocenters. The molecule has 28 heavy (non-hydrogen) atoms. The normalized spacial score (nSPS) is 12.5. The Bertz CT molecular complexity index is 893. The van der Waals surface area contributed by atoms with Gasteiger partial charge in [0, 0.05) is 6.16 Å². The van der Waals surface area contributed by atoms with Crippen LogP contribution in [0.4, 0.5) is 0 Å². The van der Waals surface area contributed by atoms with E-state index >= 15 is 0 Å². The fourth-order valence-electron chi connectivity index (χ4n) is 3.59. The van der Waals surface area contributed by atoms with Gasteiger partial charge in [-0.25, -0.2) is 0 Å². The van der Waals surface area contributed by atoms with Gasteiger partial charge in [-0.15, -0.1) is 0 Å². The summed E-state index contributed by atoms with van der Waals surface area (Å²) in [7, 11) is 0. The molecule has 0 heterocycles. The summed E-state index contributed by atoms with van der Waals surface area (Å²) in [4.78, 5) is 0.